The Hall–Kier alpha value is -2.28. The number of carbonyl (C=O) groups excluding carboxylic acids is 1. The van der Waals surface area contributed by atoms with Gasteiger partial charge in [-0.05, 0) is 40.2 Å². The fourth-order valence-corrected chi connectivity index (χ4v) is 2.24. The molecule has 0 atom stereocenters. The number of hydrogen-bond donors (Lipinski definition) is 2. The van der Waals surface area contributed by atoms with Crippen LogP contribution in [0.1, 0.15) is 20.7 Å². The average Bonchev–Trinajstić information content (AvgIpc) is 2.40. The number of halogens is 3. The highest BCUT2D eigenvalue weighted by Crippen LogP contribution is 2.24. The minimum Gasteiger partial charge on any atom is -0.478 e. The second kappa shape index (κ2) is 6.01. The monoisotopic (exact) mass is 355 g/mol. The van der Waals surface area contributed by atoms with Gasteiger partial charge in [0.15, 0.2) is 0 Å². The Morgan fingerprint density at radius 1 is 1.05 bits per heavy atom. The van der Waals surface area contributed by atoms with E-state index in [1.165, 1.54) is 18.2 Å². The second-order valence-corrected chi connectivity index (χ2v) is 4.87. The molecule has 0 saturated carbocycles. The molecule has 0 saturated heterocycles. The molecule has 0 aliphatic heterocycles. The first-order valence-corrected chi connectivity index (χ1v) is 6.48. The number of benzene rings is 2. The van der Waals surface area contributed by atoms with E-state index in [9.17, 15) is 18.4 Å². The van der Waals surface area contributed by atoms with Crippen LogP contribution in [0.3, 0.4) is 0 Å². The number of anilines is 1. The molecular formula is C14H8BrF2NO3. The van der Waals surface area contributed by atoms with Gasteiger partial charge in [0.2, 0.25) is 0 Å². The highest BCUT2D eigenvalue weighted by Gasteiger charge is 2.20. The van der Waals surface area contributed by atoms with Crippen LogP contribution in [-0.4, -0.2) is 17.0 Å². The third-order valence-electron chi connectivity index (χ3n) is 2.67. The Balaban J connectivity index is 2.44. The van der Waals surface area contributed by atoms with Gasteiger partial charge in [0.25, 0.3) is 5.91 Å². The zero-order valence-electron chi connectivity index (χ0n) is 10.4. The highest BCUT2D eigenvalue weighted by atomic mass is 79.9. The molecular weight excluding hydrogens is 348 g/mol. The van der Waals surface area contributed by atoms with E-state index in [4.69, 9.17) is 5.11 Å². The third-order valence-corrected chi connectivity index (χ3v) is 3.33. The van der Waals surface area contributed by atoms with Gasteiger partial charge in [0.1, 0.15) is 11.6 Å². The van der Waals surface area contributed by atoms with Gasteiger partial charge in [-0.1, -0.05) is 12.1 Å². The lowest BCUT2D eigenvalue weighted by atomic mass is 10.1. The van der Waals surface area contributed by atoms with Crippen molar-refractivity contribution in [2.45, 2.75) is 0 Å². The maximum Gasteiger partial charge on any atom is 0.337 e. The molecule has 0 aromatic heterocycles. The summed E-state index contributed by atoms with van der Waals surface area (Å²) in [7, 11) is 0. The van der Waals surface area contributed by atoms with Crippen LogP contribution < -0.4 is 5.32 Å². The Morgan fingerprint density at radius 2 is 1.67 bits per heavy atom. The van der Waals surface area contributed by atoms with Crippen molar-refractivity contribution in [2.75, 3.05) is 5.32 Å². The molecule has 0 unspecified atom stereocenters. The van der Waals surface area contributed by atoms with Crippen molar-refractivity contribution in [1.29, 1.82) is 0 Å². The molecule has 4 nitrogen and oxygen atoms in total. The number of carboxylic acids is 1. The molecule has 0 fully saturated rings. The van der Waals surface area contributed by atoms with E-state index in [0.29, 0.717) is 0 Å². The minimum atomic E-state index is -1.41. The van der Waals surface area contributed by atoms with Crippen molar-refractivity contribution < 1.29 is 23.5 Å². The van der Waals surface area contributed by atoms with Gasteiger partial charge in [0, 0.05) is 4.47 Å². The second-order valence-electron chi connectivity index (χ2n) is 4.02. The van der Waals surface area contributed by atoms with Gasteiger partial charge in [-0.2, -0.15) is 0 Å². The molecule has 2 aromatic carbocycles. The number of amides is 1. The molecule has 2 N–H and O–H groups in total. The molecule has 0 heterocycles. The van der Waals surface area contributed by atoms with E-state index in [0.717, 1.165) is 18.2 Å². The van der Waals surface area contributed by atoms with E-state index in [1.807, 2.05) is 0 Å². The quantitative estimate of drug-likeness (QED) is 0.882. The first-order valence-electron chi connectivity index (χ1n) is 5.69. The van der Waals surface area contributed by atoms with E-state index < -0.39 is 34.8 Å². The highest BCUT2D eigenvalue weighted by molar-refractivity contribution is 9.10. The maximum absolute atomic E-state index is 13.7. The Kier molecular flexibility index (Phi) is 4.32. The van der Waals surface area contributed by atoms with Crippen LogP contribution in [0.25, 0.3) is 0 Å². The van der Waals surface area contributed by atoms with Gasteiger partial charge in [-0.15, -0.1) is 0 Å². The molecule has 1 amide bonds. The van der Waals surface area contributed by atoms with Crippen LogP contribution in [0.15, 0.2) is 40.9 Å². The van der Waals surface area contributed by atoms with Crippen LogP contribution in [0.4, 0.5) is 14.5 Å². The molecule has 0 aliphatic rings. The number of carboxylic acid groups (broad SMARTS) is 1. The Bertz CT molecular complexity index is 714. The number of carbonyl (C=O) groups is 2. The topological polar surface area (TPSA) is 66.4 Å². The molecule has 2 rings (SSSR count). The summed E-state index contributed by atoms with van der Waals surface area (Å²) < 4.78 is 27.5. The van der Waals surface area contributed by atoms with Gasteiger partial charge < -0.3 is 10.4 Å². The first kappa shape index (κ1) is 15.1. The van der Waals surface area contributed by atoms with E-state index in [-0.39, 0.29) is 10.0 Å². The normalized spacial score (nSPS) is 10.2. The summed E-state index contributed by atoms with van der Waals surface area (Å²) in [5.41, 5.74) is -1.27. The SMILES string of the molecule is O=C(O)c1cccc(F)c1NC(=O)c1c(F)cccc1Br. The Morgan fingerprint density at radius 3 is 2.29 bits per heavy atom. The van der Waals surface area contributed by atoms with Crippen molar-refractivity contribution in [1.82, 2.24) is 0 Å². The molecule has 0 radical (unpaired) electrons. The third kappa shape index (κ3) is 3.08. The van der Waals surface area contributed by atoms with Gasteiger partial charge >= 0.3 is 5.97 Å². The fourth-order valence-electron chi connectivity index (χ4n) is 1.72. The van der Waals surface area contributed by atoms with E-state index >= 15 is 0 Å². The number of nitrogens with one attached hydrogen (secondary N) is 1. The number of aromatic carboxylic acids is 1. The summed E-state index contributed by atoms with van der Waals surface area (Å²) in [5.74, 6) is -4.09. The standard InChI is InChI=1S/C14H8BrF2NO3/c15-8-4-2-5-9(16)11(8)13(19)18-12-7(14(20)21)3-1-6-10(12)17/h1-6H,(H,18,19)(H,20,21). The van der Waals surface area contributed by atoms with Crippen LogP contribution in [0, 0.1) is 11.6 Å². The van der Waals surface area contributed by atoms with Crippen LogP contribution in [0.5, 0.6) is 0 Å². The van der Waals surface area contributed by atoms with Crippen molar-refractivity contribution in [3.05, 3.63) is 63.6 Å². The lowest BCUT2D eigenvalue weighted by Crippen LogP contribution is -2.18. The largest absolute Gasteiger partial charge is 0.478 e. The molecule has 2 aromatic rings. The molecule has 108 valence electrons. The number of rotatable bonds is 3. The Labute approximate surface area is 126 Å². The maximum atomic E-state index is 13.7. The van der Waals surface area contributed by atoms with E-state index in [2.05, 4.69) is 21.2 Å². The summed E-state index contributed by atoms with van der Waals surface area (Å²) in [4.78, 5) is 23.1. The van der Waals surface area contributed by atoms with Crippen LogP contribution in [0.2, 0.25) is 0 Å². The predicted octanol–water partition coefficient (Wildman–Crippen LogP) is 3.68. The zero-order valence-corrected chi connectivity index (χ0v) is 11.9. The first-order chi connectivity index (χ1) is 9.91. The lowest BCUT2D eigenvalue weighted by molar-refractivity contribution is 0.0697. The number of hydrogen-bond acceptors (Lipinski definition) is 2. The summed E-state index contributed by atoms with van der Waals surface area (Å²) >= 11 is 3.02. The van der Waals surface area contributed by atoms with Crippen molar-refractivity contribution in [2.24, 2.45) is 0 Å². The molecule has 0 bridgehead atoms. The molecule has 21 heavy (non-hydrogen) atoms. The van der Waals surface area contributed by atoms with Crippen molar-refractivity contribution in [3.63, 3.8) is 0 Å². The fraction of sp³-hybridized carbons (Fsp3) is 0. The molecule has 0 aliphatic carbocycles. The van der Waals surface area contributed by atoms with Gasteiger partial charge in [-0.3, -0.25) is 4.79 Å². The zero-order chi connectivity index (χ0) is 15.6. The summed E-state index contributed by atoms with van der Waals surface area (Å²) in [5, 5.41) is 11.1. The van der Waals surface area contributed by atoms with Crippen molar-refractivity contribution >= 4 is 33.5 Å². The summed E-state index contributed by atoms with van der Waals surface area (Å²) in [6.07, 6.45) is 0. The smallest absolute Gasteiger partial charge is 0.337 e. The average molecular weight is 356 g/mol. The molecule has 7 heteroatoms. The van der Waals surface area contributed by atoms with Crippen LogP contribution >= 0.6 is 15.9 Å². The summed E-state index contributed by atoms with van der Waals surface area (Å²) in [6.45, 7) is 0. The summed E-state index contributed by atoms with van der Waals surface area (Å²) in [6, 6.07) is 7.24. The van der Waals surface area contributed by atoms with Crippen molar-refractivity contribution in [3.8, 4) is 0 Å². The minimum absolute atomic E-state index is 0.174. The number of para-hydroxylation sites is 1. The lowest BCUT2D eigenvalue weighted by Gasteiger charge is -2.11. The van der Waals surface area contributed by atoms with E-state index in [1.54, 1.807) is 0 Å². The van der Waals surface area contributed by atoms with Gasteiger partial charge in [-0.25, -0.2) is 13.6 Å². The van der Waals surface area contributed by atoms with Gasteiger partial charge in [0.05, 0.1) is 16.8 Å². The van der Waals surface area contributed by atoms with Crippen LogP contribution in [-0.2, 0) is 0 Å². The predicted molar refractivity (Wildman–Crippen MR) is 75.4 cm³/mol. The molecule has 0 spiro atoms.